The van der Waals surface area contributed by atoms with Crippen molar-refractivity contribution in [2.75, 3.05) is 7.11 Å². The van der Waals surface area contributed by atoms with Crippen LogP contribution in [0.4, 0.5) is 0 Å². The van der Waals surface area contributed by atoms with E-state index in [1.54, 1.807) is 0 Å². The summed E-state index contributed by atoms with van der Waals surface area (Å²) in [6, 6.07) is 1.41. The molecule has 0 fully saturated rings. The van der Waals surface area contributed by atoms with Crippen LogP contribution in [0.2, 0.25) is 5.02 Å². The Morgan fingerprint density at radius 2 is 2.18 bits per heavy atom. The van der Waals surface area contributed by atoms with Crippen molar-refractivity contribution in [3.8, 4) is 5.75 Å². The number of aromatic nitrogens is 3. The summed E-state index contributed by atoms with van der Waals surface area (Å²) in [6.45, 7) is 0. The fourth-order valence-corrected chi connectivity index (χ4v) is 2.50. The second-order valence-corrected chi connectivity index (χ2v) is 4.67. The zero-order valence-corrected chi connectivity index (χ0v) is 11.3. The molecule has 97 valence electrons. The molecule has 0 unspecified atom stereocenters. The monoisotopic (exact) mass is 370 g/mol. The second-order valence-electron chi connectivity index (χ2n) is 2.90. The quantitative estimate of drug-likeness (QED) is 0.599. The first-order chi connectivity index (χ1) is 7.45. The van der Waals surface area contributed by atoms with E-state index in [1.165, 1.54) is 13.2 Å². The molecule has 2 rings (SSSR count). The van der Waals surface area contributed by atoms with Gasteiger partial charge in [-0.3, -0.25) is 9.65 Å². The third kappa shape index (κ3) is 2.46. The average Bonchev–Trinajstić information content (AvgIpc) is 2.60. The van der Waals surface area contributed by atoms with Crippen molar-refractivity contribution in [2.24, 2.45) is 0 Å². The molecule has 0 saturated heterocycles. The molecule has 1 radical (unpaired) electrons. The number of halogens is 1. The first-order valence-electron chi connectivity index (χ1n) is 4.00. The molecule has 2 aromatic rings. The predicted octanol–water partition coefficient (Wildman–Crippen LogP) is 0.864. The zero-order chi connectivity index (χ0) is 11.9. The number of hydrogen-bond donors (Lipinski definition) is 2. The molecule has 7 nitrogen and oxygen atoms in total. The Bertz CT molecular complexity index is 656. The average molecular weight is 372 g/mol. The van der Waals surface area contributed by atoms with E-state index in [0.29, 0.717) is 5.52 Å². The third-order valence-electron chi connectivity index (χ3n) is 1.95. The molecule has 0 spiro atoms. The molecule has 1 heterocycles. The largest absolute Gasteiger partial charge is 0.494 e. The minimum absolute atomic E-state index is 0. The number of aromatic amines is 1. The van der Waals surface area contributed by atoms with Crippen LogP contribution in [-0.2, 0) is 32.5 Å². The maximum Gasteiger partial charge on any atom is 0.300 e. The number of rotatable bonds is 2. The van der Waals surface area contributed by atoms with Crippen LogP contribution >= 0.6 is 11.6 Å². The molecule has 0 aliphatic rings. The number of ether oxygens (including phenoxy) is 1. The second kappa shape index (κ2) is 4.93. The van der Waals surface area contributed by atoms with Crippen LogP contribution in [0.5, 0.6) is 5.75 Å². The fourth-order valence-electron chi connectivity index (χ4n) is 1.34. The molecule has 17 heavy (non-hydrogen) atoms. The maximum absolute atomic E-state index is 11.2. The first-order valence-corrected chi connectivity index (χ1v) is 5.81. The first kappa shape index (κ1) is 14.4. The molecule has 2 N–H and O–H groups in total. The summed E-state index contributed by atoms with van der Waals surface area (Å²) < 4.78 is 36.3. The van der Waals surface area contributed by atoms with Crippen molar-refractivity contribution in [1.29, 1.82) is 0 Å². The van der Waals surface area contributed by atoms with Gasteiger partial charge in [0, 0.05) is 22.4 Å². The fraction of sp³-hybridized carbons (Fsp3) is 0.143. The smallest absolute Gasteiger partial charge is 0.300 e. The van der Waals surface area contributed by atoms with Gasteiger partial charge in [0.25, 0.3) is 0 Å². The Kier molecular flexibility index (Phi) is 4.18. The minimum atomic E-state index is -4.50. The number of hydrogen-bond acceptors (Lipinski definition) is 5. The van der Waals surface area contributed by atoms with Gasteiger partial charge in [-0.2, -0.15) is 8.42 Å². The van der Waals surface area contributed by atoms with E-state index in [4.69, 9.17) is 20.9 Å². The van der Waals surface area contributed by atoms with Crippen LogP contribution in [0.15, 0.2) is 11.0 Å². The van der Waals surface area contributed by atoms with Gasteiger partial charge in [-0.15, -0.1) is 5.10 Å². The minimum Gasteiger partial charge on any atom is -0.494 e. The van der Waals surface area contributed by atoms with E-state index in [1.807, 2.05) is 0 Å². The van der Waals surface area contributed by atoms with Crippen LogP contribution in [-0.4, -0.2) is 35.5 Å². The van der Waals surface area contributed by atoms with Gasteiger partial charge in [0.2, 0.25) is 0 Å². The molecule has 0 aliphatic heterocycles. The summed E-state index contributed by atoms with van der Waals surface area (Å²) in [5.74, 6) is -0.162. The molecule has 0 aliphatic carbocycles. The van der Waals surface area contributed by atoms with E-state index in [2.05, 4.69) is 15.4 Å². The molecule has 1 aromatic carbocycles. The van der Waals surface area contributed by atoms with Crippen molar-refractivity contribution < 1.29 is 40.1 Å². The number of methoxy groups -OCH3 is 1. The Morgan fingerprint density at radius 3 is 2.71 bits per heavy atom. The summed E-state index contributed by atoms with van der Waals surface area (Å²) in [7, 11) is -3.26. The van der Waals surface area contributed by atoms with Crippen molar-refractivity contribution >= 4 is 32.8 Å². The maximum atomic E-state index is 11.2. The number of fused-ring (bicyclic) bond motifs is 1. The number of benzene rings is 1. The Balaban J connectivity index is 0.00000144. The molecular weight excluding hydrogens is 365 g/mol. The van der Waals surface area contributed by atoms with E-state index >= 15 is 0 Å². The van der Waals surface area contributed by atoms with E-state index in [-0.39, 0.29) is 38.7 Å². The topological polar surface area (TPSA) is 105 Å². The van der Waals surface area contributed by atoms with Crippen LogP contribution in [0.25, 0.3) is 11.0 Å². The van der Waals surface area contributed by atoms with Gasteiger partial charge in [0.05, 0.1) is 17.6 Å². The molecule has 0 bridgehead atoms. The summed E-state index contributed by atoms with van der Waals surface area (Å²) in [5, 5.41) is 9.46. The Morgan fingerprint density at radius 1 is 1.53 bits per heavy atom. The molecular formula is C7H6AgClN3O4S. The Hall–Kier alpha value is -0.640. The predicted molar refractivity (Wildman–Crippen MR) is 55.3 cm³/mol. The Labute approximate surface area is 117 Å². The summed E-state index contributed by atoms with van der Waals surface area (Å²) in [6.07, 6.45) is 0. The molecule has 0 saturated carbocycles. The third-order valence-corrected chi connectivity index (χ3v) is 3.12. The van der Waals surface area contributed by atoms with E-state index in [9.17, 15) is 8.42 Å². The van der Waals surface area contributed by atoms with Crippen LogP contribution in [0.3, 0.4) is 0 Å². The van der Waals surface area contributed by atoms with E-state index in [0.717, 1.165) is 0 Å². The standard InChI is InChI=1S/C7H6ClN3O4S.Ag/c1-15-6-3(8)2-4-5(10-11-9-4)7(6)16(12,13)14;/h2H,1H3,(H,9,10,11)(H,12,13,14);. The molecule has 10 heteroatoms. The number of nitrogens with one attached hydrogen (secondary N) is 1. The zero-order valence-electron chi connectivity index (χ0n) is 8.23. The van der Waals surface area contributed by atoms with Crippen LogP contribution < -0.4 is 4.74 Å². The number of nitrogens with zero attached hydrogens (tertiary/aromatic N) is 2. The number of H-pyrrole nitrogens is 1. The van der Waals surface area contributed by atoms with Crippen molar-refractivity contribution in [1.82, 2.24) is 15.4 Å². The van der Waals surface area contributed by atoms with Gasteiger partial charge in [0.1, 0.15) is 5.52 Å². The van der Waals surface area contributed by atoms with Crippen molar-refractivity contribution in [3.63, 3.8) is 0 Å². The van der Waals surface area contributed by atoms with Crippen LogP contribution in [0.1, 0.15) is 0 Å². The van der Waals surface area contributed by atoms with Gasteiger partial charge in [-0.25, -0.2) is 0 Å². The normalized spacial score (nSPS) is 11.2. The van der Waals surface area contributed by atoms with Gasteiger partial charge >= 0.3 is 10.1 Å². The molecule has 0 atom stereocenters. The molecule has 0 amide bonds. The summed E-state index contributed by atoms with van der Waals surface area (Å²) in [4.78, 5) is -0.494. The summed E-state index contributed by atoms with van der Waals surface area (Å²) in [5.41, 5.74) is 0.266. The van der Waals surface area contributed by atoms with Crippen molar-refractivity contribution in [2.45, 2.75) is 4.90 Å². The SMILES string of the molecule is COc1c(Cl)cc2[nH]nnc2c1S(=O)(=O)O.[Ag]. The van der Waals surface area contributed by atoms with Crippen molar-refractivity contribution in [3.05, 3.63) is 11.1 Å². The summed E-state index contributed by atoms with van der Waals surface area (Å²) >= 11 is 5.80. The van der Waals surface area contributed by atoms with Gasteiger partial charge in [-0.05, 0) is 6.07 Å². The molecule has 1 aromatic heterocycles. The van der Waals surface area contributed by atoms with Gasteiger partial charge in [-0.1, -0.05) is 16.8 Å². The van der Waals surface area contributed by atoms with Gasteiger partial charge < -0.3 is 4.74 Å². The van der Waals surface area contributed by atoms with E-state index < -0.39 is 15.0 Å². The van der Waals surface area contributed by atoms with Crippen LogP contribution in [0, 0.1) is 0 Å². The van der Waals surface area contributed by atoms with Gasteiger partial charge in [0.15, 0.2) is 10.6 Å².